The van der Waals surface area contributed by atoms with Crippen molar-refractivity contribution in [2.75, 3.05) is 13.2 Å². The van der Waals surface area contributed by atoms with Gasteiger partial charge in [0.2, 0.25) is 5.91 Å². The number of rotatable bonds is 6. The fraction of sp³-hybridized carbons (Fsp3) is 0.556. The number of amides is 1. The van der Waals surface area contributed by atoms with Gasteiger partial charge < -0.3 is 15.4 Å². The van der Waals surface area contributed by atoms with Gasteiger partial charge in [0.25, 0.3) is 0 Å². The molecule has 1 fully saturated rings. The molecule has 1 aliphatic carbocycles. The number of carbonyl (C=O) groups is 1. The van der Waals surface area contributed by atoms with Gasteiger partial charge >= 0.3 is 0 Å². The van der Waals surface area contributed by atoms with Crippen LogP contribution in [0.15, 0.2) is 24.3 Å². The average Bonchev–Trinajstić information content (AvgIpc) is 3.33. The fourth-order valence-corrected chi connectivity index (χ4v) is 3.21. The highest BCUT2D eigenvalue weighted by molar-refractivity contribution is 5.79. The van der Waals surface area contributed by atoms with Crippen LogP contribution in [0, 0.1) is 17.2 Å². The Morgan fingerprint density at radius 3 is 2.91 bits per heavy atom. The lowest BCUT2D eigenvalue weighted by atomic mass is 9.94. The molecule has 1 aromatic carbocycles. The molecule has 0 aromatic heterocycles. The fourth-order valence-electron chi connectivity index (χ4n) is 3.21. The molecule has 0 bridgehead atoms. The van der Waals surface area contributed by atoms with Gasteiger partial charge in [0.15, 0.2) is 0 Å². The van der Waals surface area contributed by atoms with Crippen molar-refractivity contribution in [3.05, 3.63) is 29.8 Å². The highest BCUT2D eigenvalue weighted by Crippen LogP contribution is 2.39. The SMILES string of the molecule is C[C@H](NCC(=O)N[C@](C)(C#N)C1CC1)[C@@H]1COc2ccccc21. The van der Waals surface area contributed by atoms with Crippen LogP contribution in [-0.2, 0) is 4.79 Å². The molecule has 5 heteroatoms. The Hall–Kier alpha value is -2.06. The van der Waals surface area contributed by atoms with E-state index < -0.39 is 5.54 Å². The summed E-state index contributed by atoms with van der Waals surface area (Å²) in [6, 6.07) is 10.4. The van der Waals surface area contributed by atoms with Crippen LogP contribution in [-0.4, -0.2) is 30.6 Å². The molecule has 1 amide bonds. The zero-order valence-electron chi connectivity index (χ0n) is 13.6. The van der Waals surface area contributed by atoms with Gasteiger partial charge in [0, 0.05) is 17.5 Å². The van der Waals surface area contributed by atoms with E-state index in [2.05, 4.69) is 29.7 Å². The molecule has 3 atom stereocenters. The Balaban J connectivity index is 1.52. The van der Waals surface area contributed by atoms with E-state index >= 15 is 0 Å². The van der Waals surface area contributed by atoms with Crippen LogP contribution in [0.2, 0.25) is 0 Å². The highest BCUT2D eigenvalue weighted by atomic mass is 16.5. The molecule has 2 N–H and O–H groups in total. The standard InChI is InChI=1S/C18H23N3O2/c1-12(15-10-23-16-6-4-3-5-14(15)16)20-9-17(22)21-18(2,11-19)13-7-8-13/h3-6,12-13,15,20H,7-10H2,1-2H3,(H,21,22)/t12-,15-,18+/m0/s1. The monoisotopic (exact) mass is 313 g/mol. The number of carbonyl (C=O) groups excluding carboxylic acids is 1. The molecule has 1 aliphatic heterocycles. The maximum absolute atomic E-state index is 12.2. The summed E-state index contributed by atoms with van der Waals surface area (Å²) in [7, 11) is 0. The van der Waals surface area contributed by atoms with Crippen molar-refractivity contribution in [2.45, 2.75) is 44.2 Å². The summed E-state index contributed by atoms with van der Waals surface area (Å²) in [6.07, 6.45) is 2.04. The van der Waals surface area contributed by atoms with Crippen molar-refractivity contribution in [2.24, 2.45) is 5.92 Å². The van der Waals surface area contributed by atoms with Gasteiger partial charge in [-0.15, -0.1) is 0 Å². The number of hydrogen-bond acceptors (Lipinski definition) is 4. The molecule has 23 heavy (non-hydrogen) atoms. The van der Waals surface area contributed by atoms with E-state index in [9.17, 15) is 10.1 Å². The van der Waals surface area contributed by atoms with Gasteiger partial charge in [0.1, 0.15) is 11.3 Å². The zero-order valence-corrected chi connectivity index (χ0v) is 13.6. The van der Waals surface area contributed by atoms with Crippen LogP contribution >= 0.6 is 0 Å². The number of benzene rings is 1. The molecular weight excluding hydrogens is 290 g/mol. The summed E-state index contributed by atoms with van der Waals surface area (Å²) in [5.41, 5.74) is 0.457. The first-order valence-electron chi connectivity index (χ1n) is 8.21. The second kappa shape index (κ2) is 6.21. The van der Waals surface area contributed by atoms with Crippen molar-refractivity contribution in [1.82, 2.24) is 10.6 Å². The second-order valence-corrected chi connectivity index (χ2v) is 6.76. The maximum atomic E-state index is 12.2. The number of nitrogens with one attached hydrogen (secondary N) is 2. The molecule has 0 saturated heterocycles. The van der Waals surface area contributed by atoms with Crippen LogP contribution in [0.25, 0.3) is 0 Å². The summed E-state index contributed by atoms with van der Waals surface area (Å²) in [5, 5.41) is 15.4. The van der Waals surface area contributed by atoms with Crippen molar-refractivity contribution in [3.63, 3.8) is 0 Å². The van der Waals surface area contributed by atoms with E-state index in [1.165, 1.54) is 5.56 Å². The van der Waals surface area contributed by atoms with Crippen LogP contribution in [0.4, 0.5) is 0 Å². The molecule has 122 valence electrons. The molecule has 0 radical (unpaired) electrons. The van der Waals surface area contributed by atoms with E-state index in [4.69, 9.17) is 4.74 Å². The van der Waals surface area contributed by atoms with Gasteiger partial charge in [0.05, 0.1) is 19.2 Å². The molecule has 3 rings (SSSR count). The first-order valence-corrected chi connectivity index (χ1v) is 8.21. The van der Waals surface area contributed by atoms with Crippen LogP contribution in [0.3, 0.4) is 0 Å². The number of fused-ring (bicyclic) bond motifs is 1. The Labute approximate surface area is 137 Å². The van der Waals surface area contributed by atoms with Crippen molar-refractivity contribution >= 4 is 5.91 Å². The minimum Gasteiger partial charge on any atom is -0.493 e. The number of ether oxygens (including phenoxy) is 1. The Kier molecular flexibility index (Phi) is 4.27. The van der Waals surface area contributed by atoms with Gasteiger partial charge in [-0.2, -0.15) is 5.26 Å². The quantitative estimate of drug-likeness (QED) is 0.842. The minimum absolute atomic E-state index is 0.124. The molecule has 0 unspecified atom stereocenters. The third-order valence-corrected chi connectivity index (χ3v) is 4.95. The summed E-state index contributed by atoms with van der Waals surface area (Å²) < 4.78 is 5.69. The maximum Gasteiger partial charge on any atom is 0.235 e. The Bertz CT molecular complexity index is 635. The molecule has 2 aliphatic rings. The molecule has 1 heterocycles. The second-order valence-electron chi connectivity index (χ2n) is 6.76. The van der Waals surface area contributed by atoms with Gasteiger partial charge in [-0.05, 0) is 38.7 Å². The summed E-state index contributed by atoms with van der Waals surface area (Å²) in [6.45, 7) is 4.72. The zero-order chi connectivity index (χ0) is 16.4. The van der Waals surface area contributed by atoms with Gasteiger partial charge in [-0.25, -0.2) is 0 Å². The predicted octanol–water partition coefficient (Wildman–Crippen LogP) is 1.95. The summed E-state index contributed by atoms with van der Waals surface area (Å²) in [4.78, 5) is 12.2. The van der Waals surface area contributed by atoms with Gasteiger partial charge in [-0.3, -0.25) is 4.79 Å². The van der Waals surface area contributed by atoms with Crippen molar-refractivity contribution in [1.29, 1.82) is 5.26 Å². The van der Waals surface area contributed by atoms with Crippen molar-refractivity contribution in [3.8, 4) is 11.8 Å². The van der Waals surface area contributed by atoms with E-state index in [0.717, 1.165) is 18.6 Å². The summed E-state index contributed by atoms with van der Waals surface area (Å²) >= 11 is 0. The van der Waals surface area contributed by atoms with Crippen molar-refractivity contribution < 1.29 is 9.53 Å². The van der Waals surface area contributed by atoms with Crippen LogP contribution < -0.4 is 15.4 Å². The van der Waals surface area contributed by atoms with E-state index in [1.807, 2.05) is 25.1 Å². The molecule has 5 nitrogen and oxygen atoms in total. The average molecular weight is 313 g/mol. The van der Waals surface area contributed by atoms with E-state index in [1.54, 1.807) is 0 Å². The van der Waals surface area contributed by atoms with Crippen LogP contribution in [0.5, 0.6) is 5.75 Å². The lowest BCUT2D eigenvalue weighted by Gasteiger charge is -2.24. The summed E-state index contributed by atoms with van der Waals surface area (Å²) in [5.74, 6) is 1.34. The minimum atomic E-state index is -0.731. The lowest BCUT2D eigenvalue weighted by molar-refractivity contribution is -0.121. The smallest absolute Gasteiger partial charge is 0.235 e. The van der Waals surface area contributed by atoms with E-state index in [0.29, 0.717) is 12.5 Å². The topological polar surface area (TPSA) is 74.2 Å². The molecular formula is C18H23N3O2. The Morgan fingerprint density at radius 1 is 1.48 bits per heavy atom. The number of hydrogen-bond donors (Lipinski definition) is 2. The number of nitriles is 1. The molecule has 1 saturated carbocycles. The third kappa shape index (κ3) is 3.32. The lowest BCUT2D eigenvalue weighted by Crippen LogP contribution is -2.50. The Morgan fingerprint density at radius 2 is 2.22 bits per heavy atom. The largest absolute Gasteiger partial charge is 0.493 e. The number of para-hydroxylation sites is 1. The molecule has 0 spiro atoms. The molecule has 1 aromatic rings. The normalized spacial score (nSPS) is 23.1. The highest BCUT2D eigenvalue weighted by Gasteiger charge is 2.43. The van der Waals surface area contributed by atoms with Gasteiger partial charge in [-0.1, -0.05) is 18.2 Å². The predicted molar refractivity (Wildman–Crippen MR) is 87.0 cm³/mol. The third-order valence-electron chi connectivity index (χ3n) is 4.95. The first-order chi connectivity index (χ1) is 11.0. The van der Waals surface area contributed by atoms with Crippen LogP contribution in [0.1, 0.15) is 38.2 Å². The first kappa shape index (κ1) is 15.8. The number of nitrogens with zero attached hydrogens (tertiary/aromatic N) is 1. The van der Waals surface area contributed by atoms with E-state index in [-0.39, 0.29) is 24.4 Å².